The van der Waals surface area contributed by atoms with E-state index in [1.54, 1.807) is 18.2 Å². The van der Waals surface area contributed by atoms with Crippen molar-refractivity contribution in [3.05, 3.63) is 76.7 Å². The Hall–Kier alpha value is -2.58. The summed E-state index contributed by atoms with van der Waals surface area (Å²) >= 11 is 0. The van der Waals surface area contributed by atoms with E-state index in [-0.39, 0.29) is 33.9 Å². The molecule has 0 bridgehead atoms. The van der Waals surface area contributed by atoms with Gasteiger partial charge in [0.15, 0.2) is 5.82 Å². The molecule has 0 saturated heterocycles. The van der Waals surface area contributed by atoms with Crippen molar-refractivity contribution in [2.45, 2.75) is 49.3 Å². The molecule has 0 radical (unpaired) electrons. The summed E-state index contributed by atoms with van der Waals surface area (Å²) in [6.07, 6.45) is 1.64. The summed E-state index contributed by atoms with van der Waals surface area (Å²) in [7, 11) is -3.72. The summed E-state index contributed by atoms with van der Waals surface area (Å²) in [4.78, 5) is 4.81. The van der Waals surface area contributed by atoms with Gasteiger partial charge in [-0.2, -0.15) is 4.98 Å². The van der Waals surface area contributed by atoms with Gasteiger partial charge in [0.1, 0.15) is 5.82 Å². The molecule has 2 aliphatic rings. The SMILES string of the molecule is CC1(C)[C@H](c2ccc(S(N)(=O)=O)cc2)[C@H]1c1nc(C2CCc3cc(F)ccc32)no1. The van der Waals surface area contributed by atoms with Gasteiger partial charge in [-0.15, -0.1) is 0 Å². The van der Waals surface area contributed by atoms with E-state index in [0.29, 0.717) is 11.7 Å². The second-order valence-electron chi connectivity index (χ2n) is 8.82. The van der Waals surface area contributed by atoms with Crippen LogP contribution in [-0.2, 0) is 16.4 Å². The number of fused-ring (bicyclic) bond motifs is 1. The molecule has 3 atom stereocenters. The van der Waals surface area contributed by atoms with E-state index in [9.17, 15) is 12.8 Å². The number of nitrogens with zero attached hydrogens (tertiary/aromatic N) is 2. The average molecular weight is 428 g/mol. The second kappa shape index (κ2) is 6.46. The molecule has 3 aromatic rings. The average Bonchev–Trinajstić information content (AvgIpc) is 3.06. The van der Waals surface area contributed by atoms with Crippen LogP contribution < -0.4 is 5.14 Å². The summed E-state index contributed by atoms with van der Waals surface area (Å²) < 4.78 is 42.2. The number of nitrogens with two attached hydrogens (primary N) is 1. The van der Waals surface area contributed by atoms with Gasteiger partial charge in [0.25, 0.3) is 0 Å². The van der Waals surface area contributed by atoms with E-state index in [1.165, 1.54) is 18.2 Å². The molecular formula is C22H22FN3O3S. The first-order chi connectivity index (χ1) is 14.2. The lowest BCUT2D eigenvalue weighted by Gasteiger charge is -2.05. The predicted octanol–water partition coefficient (Wildman–Crippen LogP) is 3.84. The molecule has 2 aromatic carbocycles. The van der Waals surface area contributed by atoms with Gasteiger partial charge >= 0.3 is 0 Å². The second-order valence-corrected chi connectivity index (χ2v) is 10.4. The molecule has 156 valence electrons. The topological polar surface area (TPSA) is 99.1 Å². The monoisotopic (exact) mass is 427 g/mol. The van der Waals surface area contributed by atoms with Gasteiger partial charge in [-0.3, -0.25) is 0 Å². The van der Waals surface area contributed by atoms with Crippen molar-refractivity contribution >= 4 is 10.0 Å². The Morgan fingerprint density at radius 1 is 1.13 bits per heavy atom. The number of hydrogen-bond donors (Lipinski definition) is 1. The number of aromatic nitrogens is 2. The Labute approximate surface area is 174 Å². The largest absolute Gasteiger partial charge is 0.339 e. The molecule has 0 amide bonds. The molecule has 0 spiro atoms. The van der Waals surface area contributed by atoms with Crippen LogP contribution >= 0.6 is 0 Å². The van der Waals surface area contributed by atoms with E-state index in [0.717, 1.165) is 29.5 Å². The smallest absolute Gasteiger partial charge is 0.238 e. The van der Waals surface area contributed by atoms with Crippen LogP contribution in [0.15, 0.2) is 51.9 Å². The standard InChI is InChI=1S/C22H22FN3O3S/c1-22(2)18(12-3-7-15(8-4-12)30(24,27)28)19(22)21-25-20(26-29-21)17-9-5-13-11-14(23)6-10-16(13)17/h3-4,6-8,10-11,17-19H,5,9H2,1-2H3,(H2,24,27,28)/t17?,18-,19+/m1/s1. The van der Waals surface area contributed by atoms with Crippen molar-refractivity contribution in [1.29, 1.82) is 0 Å². The summed E-state index contributed by atoms with van der Waals surface area (Å²) in [5.74, 6) is 1.22. The molecule has 2 N–H and O–H groups in total. The van der Waals surface area contributed by atoms with E-state index < -0.39 is 10.0 Å². The van der Waals surface area contributed by atoms with Crippen LogP contribution in [0.4, 0.5) is 4.39 Å². The van der Waals surface area contributed by atoms with Crippen LogP contribution in [0.2, 0.25) is 0 Å². The number of sulfonamides is 1. The highest BCUT2D eigenvalue weighted by molar-refractivity contribution is 7.89. The fraction of sp³-hybridized carbons (Fsp3) is 0.364. The van der Waals surface area contributed by atoms with Crippen molar-refractivity contribution < 1.29 is 17.3 Å². The Kier molecular flexibility index (Phi) is 4.17. The fourth-order valence-corrected chi connectivity index (χ4v) is 5.47. The molecule has 0 aliphatic heterocycles. The van der Waals surface area contributed by atoms with E-state index in [1.807, 2.05) is 6.07 Å². The Bertz CT molecular complexity index is 1230. The molecule has 30 heavy (non-hydrogen) atoms. The third-order valence-electron chi connectivity index (χ3n) is 6.61. The van der Waals surface area contributed by atoms with Gasteiger partial charge < -0.3 is 4.52 Å². The summed E-state index contributed by atoms with van der Waals surface area (Å²) in [5.41, 5.74) is 2.99. The van der Waals surface area contributed by atoms with Crippen molar-refractivity contribution in [3.63, 3.8) is 0 Å². The maximum absolute atomic E-state index is 13.5. The van der Waals surface area contributed by atoms with Crippen LogP contribution in [0.1, 0.15) is 66.4 Å². The molecule has 5 rings (SSSR count). The number of aryl methyl sites for hydroxylation is 1. The highest BCUT2D eigenvalue weighted by atomic mass is 32.2. The molecule has 1 unspecified atom stereocenters. The minimum absolute atomic E-state index is 0.0208. The summed E-state index contributed by atoms with van der Waals surface area (Å²) in [6.45, 7) is 4.26. The van der Waals surface area contributed by atoms with Gasteiger partial charge in [-0.1, -0.05) is 37.2 Å². The minimum atomic E-state index is -3.72. The zero-order chi connectivity index (χ0) is 21.3. The Morgan fingerprint density at radius 3 is 2.57 bits per heavy atom. The van der Waals surface area contributed by atoms with Gasteiger partial charge in [-0.25, -0.2) is 17.9 Å². The molecule has 1 saturated carbocycles. The van der Waals surface area contributed by atoms with Crippen molar-refractivity contribution in [3.8, 4) is 0 Å². The first-order valence-corrected chi connectivity index (χ1v) is 11.5. The maximum atomic E-state index is 13.5. The zero-order valence-corrected chi connectivity index (χ0v) is 17.5. The lowest BCUT2D eigenvalue weighted by Crippen LogP contribution is -2.11. The quantitative estimate of drug-likeness (QED) is 0.682. The summed E-state index contributed by atoms with van der Waals surface area (Å²) in [6, 6.07) is 11.5. The molecule has 1 heterocycles. The molecular weight excluding hydrogens is 405 g/mol. The van der Waals surface area contributed by atoms with Crippen LogP contribution in [0, 0.1) is 11.2 Å². The van der Waals surface area contributed by atoms with E-state index in [2.05, 4.69) is 19.0 Å². The maximum Gasteiger partial charge on any atom is 0.238 e. The number of halogens is 1. The molecule has 2 aliphatic carbocycles. The lowest BCUT2D eigenvalue weighted by molar-refractivity contribution is 0.361. The van der Waals surface area contributed by atoms with Crippen molar-refractivity contribution in [2.24, 2.45) is 10.6 Å². The molecule has 8 heteroatoms. The van der Waals surface area contributed by atoms with Crippen molar-refractivity contribution in [1.82, 2.24) is 10.1 Å². The molecule has 1 fully saturated rings. The fourth-order valence-electron chi connectivity index (χ4n) is 4.95. The number of hydrogen-bond acceptors (Lipinski definition) is 5. The Morgan fingerprint density at radius 2 is 1.87 bits per heavy atom. The third kappa shape index (κ3) is 3.06. The number of rotatable bonds is 4. The van der Waals surface area contributed by atoms with E-state index >= 15 is 0 Å². The molecule has 1 aromatic heterocycles. The number of primary sulfonamides is 1. The highest BCUT2D eigenvalue weighted by Crippen LogP contribution is 2.69. The van der Waals surface area contributed by atoms with Crippen LogP contribution in [0.5, 0.6) is 0 Å². The van der Waals surface area contributed by atoms with Gasteiger partial charge in [0, 0.05) is 11.8 Å². The summed E-state index contributed by atoms with van der Waals surface area (Å²) in [5, 5.41) is 9.44. The first kappa shape index (κ1) is 19.4. The van der Waals surface area contributed by atoms with Crippen molar-refractivity contribution in [2.75, 3.05) is 0 Å². The first-order valence-electron chi connectivity index (χ1n) is 9.91. The normalized spacial score (nSPS) is 24.6. The lowest BCUT2D eigenvalue weighted by atomic mass is 10.0. The van der Waals surface area contributed by atoms with Crippen LogP contribution in [0.3, 0.4) is 0 Å². The van der Waals surface area contributed by atoms with Crippen LogP contribution in [-0.4, -0.2) is 18.6 Å². The van der Waals surface area contributed by atoms with Gasteiger partial charge in [0.05, 0.1) is 10.8 Å². The highest BCUT2D eigenvalue weighted by Gasteiger charge is 2.62. The van der Waals surface area contributed by atoms with Gasteiger partial charge in [0.2, 0.25) is 15.9 Å². The third-order valence-corrected chi connectivity index (χ3v) is 7.54. The minimum Gasteiger partial charge on any atom is -0.339 e. The molecule has 6 nitrogen and oxygen atoms in total. The van der Waals surface area contributed by atoms with Gasteiger partial charge in [-0.05, 0) is 59.2 Å². The number of benzene rings is 2. The van der Waals surface area contributed by atoms with E-state index in [4.69, 9.17) is 14.6 Å². The Balaban J connectivity index is 1.41. The predicted molar refractivity (Wildman–Crippen MR) is 108 cm³/mol. The zero-order valence-electron chi connectivity index (χ0n) is 16.7. The van der Waals surface area contributed by atoms with Crippen LogP contribution in [0.25, 0.3) is 0 Å².